The molecule has 0 bridgehead atoms. The second-order valence-corrected chi connectivity index (χ2v) is 7.32. The monoisotopic (exact) mass is 331 g/mol. The first-order valence-electron chi connectivity index (χ1n) is 7.25. The Morgan fingerprint density at radius 1 is 1.22 bits per heavy atom. The lowest BCUT2D eigenvalue weighted by atomic mass is 10.2. The maximum absolute atomic E-state index is 12.7. The number of benzene rings is 1. The van der Waals surface area contributed by atoms with Crippen LogP contribution in [0.4, 0.5) is 11.4 Å². The number of carbonyl (C=O) groups is 1. The highest BCUT2D eigenvalue weighted by atomic mass is 32.2. The fourth-order valence-electron chi connectivity index (χ4n) is 2.36. The molecule has 1 heterocycles. The quantitative estimate of drug-likeness (QED) is 0.911. The predicted octanol–water partition coefficient (Wildman–Crippen LogP) is 2.26. The zero-order valence-corrected chi connectivity index (χ0v) is 13.5. The minimum Gasteiger partial charge on any atom is -0.305 e. The third-order valence-corrected chi connectivity index (χ3v) is 4.09. The first kappa shape index (κ1) is 15.5. The molecular weight excluding hydrogens is 314 g/mol. The Morgan fingerprint density at radius 3 is 2.43 bits per heavy atom. The fraction of sp³-hybridized carbons (Fsp3) is 0.250. The van der Waals surface area contributed by atoms with Crippen LogP contribution in [-0.2, 0) is 10.0 Å². The van der Waals surface area contributed by atoms with Gasteiger partial charge in [-0.3, -0.25) is 14.5 Å². The summed E-state index contributed by atoms with van der Waals surface area (Å²) in [6.45, 7) is 0. The molecule has 0 saturated heterocycles. The van der Waals surface area contributed by atoms with Crippen LogP contribution in [0.25, 0.3) is 0 Å². The summed E-state index contributed by atoms with van der Waals surface area (Å²) in [7, 11) is -3.31. The smallest absolute Gasteiger partial charge is 0.260 e. The number of rotatable bonds is 5. The third-order valence-electron chi connectivity index (χ3n) is 3.49. The molecule has 3 rings (SSSR count). The molecule has 23 heavy (non-hydrogen) atoms. The van der Waals surface area contributed by atoms with E-state index in [1.165, 1.54) is 0 Å². The zero-order chi connectivity index (χ0) is 16.4. The van der Waals surface area contributed by atoms with Crippen LogP contribution in [0.2, 0.25) is 0 Å². The van der Waals surface area contributed by atoms with Crippen LogP contribution in [0.1, 0.15) is 23.2 Å². The van der Waals surface area contributed by atoms with Crippen molar-refractivity contribution >= 4 is 27.3 Å². The molecule has 6 nitrogen and oxygen atoms in total. The number of sulfonamides is 1. The van der Waals surface area contributed by atoms with Gasteiger partial charge in [0.15, 0.2) is 0 Å². The van der Waals surface area contributed by atoms with Gasteiger partial charge < -0.3 is 4.90 Å². The number of anilines is 2. The fourth-order valence-corrected chi connectivity index (χ4v) is 2.92. The Labute approximate surface area is 135 Å². The molecule has 0 atom stereocenters. The number of nitrogens with one attached hydrogen (secondary N) is 1. The van der Waals surface area contributed by atoms with Gasteiger partial charge in [-0.05, 0) is 49.2 Å². The van der Waals surface area contributed by atoms with E-state index in [2.05, 4.69) is 9.71 Å². The molecule has 1 aromatic heterocycles. The van der Waals surface area contributed by atoms with Crippen molar-refractivity contribution in [3.63, 3.8) is 0 Å². The maximum atomic E-state index is 12.7. The first-order valence-corrected chi connectivity index (χ1v) is 9.14. The second kappa shape index (κ2) is 6.00. The van der Waals surface area contributed by atoms with Crippen molar-refractivity contribution in [2.24, 2.45) is 0 Å². The van der Waals surface area contributed by atoms with E-state index in [4.69, 9.17) is 0 Å². The Bertz CT molecular complexity index is 800. The second-order valence-electron chi connectivity index (χ2n) is 5.57. The molecule has 1 N–H and O–H groups in total. The van der Waals surface area contributed by atoms with Crippen LogP contribution in [-0.4, -0.2) is 31.6 Å². The summed E-state index contributed by atoms with van der Waals surface area (Å²) >= 11 is 0. The van der Waals surface area contributed by atoms with Crippen molar-refractivity contribution in [3.8, 4) is 0 Å². The molecule has 1 aromatic carbocycles. The van der Waals surface area contributed by atoms with Crippen molar-refractivity contribution in [3.05, 3.63) is 54.4 Å². The number of hydrogen-bond acceptors (Lipinski definition) is 4. The first-order chi connectivity index (χ1) is 10.9. The molecule has 1 aliphatic carbocycles. The SMILES string of the molecule is CS(=O)(=O)Nc1ccc(N(C(=O)c2cccnc2)C2CC2)cc1. The maximum Gasteiger partial charge on any atom is 0.260 e. The number of amides is 1. The zero-order valence-electron chi connectivity index (χ0n) is 12.6. The summed E-state index contributed by atoms with van der Waals surface area (Å²) in [6, 6.07) is 10.5. The van der Waals surface area contributed by atoms with Gasteiger partial charge in [0.2, 0.25) is 10.0 Å². The average molecular weight is 331 g/mol. The highest BCUT2D eigenvalue weighted by molar-refractivity contribution is 7.92. The molecule has 7 heteroatoms. The molecule has 0 radical (unpaired) electrons. The summed E-state index contributed by atoms with van der Waals surface area (Å²) in [6.07, 6.45) is 6.22. The number of carbonyl (C=O) groups excluding carboxylic acids is 1. The van der Waals surface area contributed by atoms with Crippen LogP contribution < -0.4 is 9.62 Å². The number of hydrogen-bond donors (Lipinski definition) is 1. The van der Waals surface area contributed by atoms with Gasteiger partial charge in [0.05, 0.1) is 11.8 Å². The largest absolute Gasteiger partial charge is 0.305 e. The summed E-state index contributed by atoms with van der Waals surface area (Å²) in [5.74, 6) is -0.0931. The summed E-state index contributed by atoms with van der Waals surface area (Å²) in [5.41, 5.74) is 1.76. The van der Waals surface area contributed by atoms with E-state index in [-0.39, 0.29) is 11.9 Å². The molecule has 1 saturated carbocycles. The number of aromatic nitrogens is 1. The summed E-state index contributed by atoms with van der Waals surface area (Å²) < 4.78 is 24.9. The van der Waals surface area contributed by atoms with E-state index in [9.17, 15) is 13.2 Å². The standard InChI is InChI=1S/C16H17N3O3S/c1-23(21,22)18-13-4-6-14(7-5-13)19(15-8-9-15)16(20)12-3-2-10-17-11-12/h2-7,10-11,15,18H,8-9H2,1H3. The molecule has 0 unspecified atom stereocenters. The normalized spacial score (nSPS) is 14.3. The van der Waals surface area contributed by atoms with Crippen molar-refractivity contribution in [2.45, 2.75) is 18.9 Å². The van der Waals surface area contributed by atoms with Crippen molar-refractivity contribution < 1.29 is 13.2 Å². The van der Waals surface area contributed by atoms with E-state index in [0.29, 0.717) is 11.3 Å². The minimum atomic E-state index is -3.31. The number of pyridine rings is 1. The van der Waals surface area contributed by atoms with Crippen molar-refractivity contribution in [1.82, 2.24) is 4.98 Å². The van der Waals surface area contributed by atoms with Crippen LogP contribution in [0.5, 0.6) is 0 Å². The van der Waals surface area contributed by atoms with Crippen LogP contribution in [0.3, 0.4) is 0 Å². The van der Waals surface area contributed by atoms with Gasteiger partial charge in [-0.25, -0.2) is 8.42 Å². The molecule has 120 valence electrons. The average Bonchev–Trinajstić information content (AvgIpc) is 3.33. The Kier molecular flexibility index (Phi) is 4.04. The van der Waals surface area contributed by atoms with Crippen molar-refractivity contribution in [1.29, 1.82) is 0 Å². The van der Waals surface area contributed by atoms with E-state index < -0.39 is 10.0 Å². The van der Waals surface area contributed by atoms with Crippen molar-refractivity contribution in [2.75, 3.05) is 15.9 Å². The van der Waals surface area contributed by atoms with E-state index in [0.717, 1.165) is 24.8 Å². The van der Waals surface area contributed by atoms with Crippen LogP contribution in [0.15, 0.2) is 48.8 Å². The lowest BCUT2D eigenvalue weighted by Gasteiger charge is -2.23. The molecule has 2 aromatic rings. The van der Waals surface area contributed by atoms with E-state index >= 15 is 0 Å². The predicted molar refractivity (Wildman–Crippen MR) is 89.0 cm³/mol. The lowest BCUT2D eigenvalue weighted by Crippen LogP contribution is -2.33. The molecule has 0 aliphatic heterocycles. The molecule has 0 spiro atoms. The Hall–Kier alpha value is -2.41. The number of nitrogens with zero attached hydrogens (tertiary/aromatic N) is 2. The summed E-state index contributed by atoms with van der Waals surface area (Å²) in [4.78, 5) is 18.5. The Morgan fingerprint density at radius 2 is 1.91 bits per heavy atom. The van der Waals surface area contributed by atoms with Gasteiger partial charge >= 0.3 is 0 Å². The van der Waals surface area contributed by atoms with Gasteiger partial charge in [-0.1, -0.05) is 0 Å². The van der Waals surface area contributed by atoms with Gasteiger partial charge in [-0.2, -0.15) is 0 Å². The highest BCUT2D eigenvalue weighted by Crippen LogP contribution is 2.33. The van der Waals surface area contributed by atoms with Crippen LogP contribution >= 0.6 is 0 Å². The lowest BCUT2D eigenvalue weighted by molar-refractivity contribution is 0.0985. The van der Waals surface area contributed by atoms with Gasteiger partial charge in [0.25, 0.3) is 5.91 Å². The third kappa shape index (κ3) is 3.87. The Balaban J connectivity index is 1.86. The van der Waals surface area contributed by atoms with Gasteiger partial charge in [-0.15, -0.1) is 0 Å². The molecule has 1 fully saturated rings. The van der Waals surface area contributed by atoms with E-state index in [1.807, 2.05) is 0 Å². The van der Waals surface area contributed by atoms with Gasteiger partial charge in [0.1, 0.15) is 0 Å². The molecule has 1 amide bonds. The highest BCUT2D eigenvalue weighted by Gasteiger charge is 2.34. The summed E-state index contributed by atoms with van der Waals surface area (Å²) in [5, 5.41) is 0. The minimum absolute atomic E-state index is 0.0931. The molecular formula is C16H17N3O3S. The van der Waals surface area contributed by atoms with Gasteiger partial charge in [0, 0.05) is 29.8 Å². The van der Waals surface area contributed by atoms with Crippen LogP contribution in [0, 0.1) is 0 Å². The van der Waals surface area contributed by atoms with E-state index in [1.54, 1.807) is 53.7 Å². The topological polar surface area (TPSA) is 79.4 Å². The molecule has 1 aliphatic rings.